The number of fused-ring (bicyclic) bond motifs is 1. The molecule has 2 aliphatic heterocycles. The van der Waals surface area contributed by atoms with Crippen LogP contribution in [0.2, 0.25) is 0 Å². The second kappa shape index (κ2) is 12.3. The van der Waals surface area contributed by atoms with Crippen molar-refractivity contribution in [2.45, 2.75) is 39.0 Å². The van der Waals surface area contributed by atoms with Crippen LogP contribution in [-0.2, 0) is 9.53 Å². The lowest BCUT2D eigenvalue weighted by molar-refractivity contribution is -0.133. The number of aliphatic hydroxyl groups excluding tert-OH is 2. The fourth-order valence-corrected chi connectivity index (χ4v) is 4.02. The molecular formula is C25H36N4O6. The molecule has 0 aromatic carbocycles. The van der Waals surface area contributed by atoms with Crippen molar-refractivity contribution in [3.8, 4) is 17.7 Å². The van der Waals surface area contributed by atoms with E-state index in [4.69, 9.17) is 9.47 Å². The Morgan fingerprint density at radius 3 is 2.71 bits per heavy atom. The van der Waals surface area contributed by atoms with Gasteiger partial charge >= 0.3 is 0 Å². The largest absolute Gasteiger partial charge is 0.472 e. The molecule has 2 amide bonds. The smallest absolute Gasteiger partial charge is 0.259 e. The van der Waals surface area contributed by atoms with E-state index >= 15 is 0 Å². The first kappa shape index (κ1) is 26.9. The van der Waals surface area contributed by atoms with Crippen LogP contribution in [0.3, 0.4) is 0 Å². The fourth-order valence-electron chi connectivity index (χ4n) is 4.02. The van der Waals surface area contributed by atoms with Crippen molar-refractivity contribution in [1.82, 2.24) is 19.7 Å². The van der Waals surface area contributed by atoms with E-state index in [0.717, 1.165) is 13.1 Å². The predicted molar refractivity (Wildman–Crippen MR) is 129 cm³/mol. The van der Waals surface area contributed by atoms with Crippen LogP contribution in [0.5, 0.6) is 5.88 Å². The standard InChI is InChI=1S/C25H36N4O6/c1-17-13-29(18(2)16-30)25(33)21-11-20(6-5-19(3)31)12-26-24(21)35-22(17)14-27(4)23(32)15-28-7-9-34-10-8-28/h11-12,17-19,22,30-31H,7-10,13-16H2,1-4H3/t17-,18+,19+,22+/m1/s1. The number of rotatable bonds is 6. The lowest BCUT2D eigenvalue weighted by atomic mass is 10.00. The Hall–Kier alpha value is -2.71. The zero-order valence-corrected chi connectivity index (χ0v) is 20.9. The van der Waals surface area contributed by atoms with Crippen molar-refractivity contribution in [3.63, 3.8) is 0 Å². The number of morpholine rings is 1. The van der Waals surface area contributed by atoms with E-state index in [1.54, 1.807) is 36.8 Å². The Balaban J connectivity index is 1.85. The van der Waals surface area contributed by atoms with Crippen LogP contribution in [0.15, 0.2) is 12.3 Å². The molecule has 1 aromatic heterocycles. The Morgan fingerprint density at radius 1 is 1.34 bits per heavy atom. The molecule has 10 nitrogen and oxygen atoms in total. The quantitative estimate of drug-likeness (QED) is 0.530. The van der Waals surface area contributed by atoms with E-state index in [1.165, 1.54) is 6.20 Å². The van der Waals surface area contributed by atoms with Gasteiger partial charge in [0.15, 0.2) is 0 Å². The number of hydrogen-bond acceptors (Lipinski definition) is 8. The molecule has 1 saturated heterocycles. The number of amides is 2. The first-order valence-corrected chi connectivity index (χ1v) is 12.0. The lowest BCUT2D eigenvalue weighted by Gasteiger charge is -2.38. The molecule has 3 heterocycles. The summed E-state index contributed by atoms with van der Waals surface area (Å²) in [4.78, 5) is 36.0. The third-order valence-electron chi connectivity index (χ3n) is 6.29. The molecule has 1 aromatic rings. The molecule has 0 bridgehead atoms. The summed E-state index contributed by atoms with van der Waals surface area (Å²) in [7, 11) is 1.75. The number of likely N-dealkylation sites (N-methyl/N-ethyl adjacent to an activating group) is 1. The first-order valence-electron chi connectivity index (χ1n) is 12.0. The van der Waals surface area contributed by atoms with Gasteiger partial charge in [-0.2, -0.15) is 0 Å². The summed E-state index contributed by atoms with van der Waals surface area (Å²) in [5.74, 6) is 5.17. The summed E-state index contributed by atoms with van der Waals surface area (Å²) in [6.07, 6.45) is 0.263. The van der Waals surface area contributed by atoms with E-state index in [0.29, 0.717) is 38.4 Å². The maximum atomic E-state index is 13.4. The Bertz CT molecular complexity index is 953. The van der Waals surface area contributed by atoms with E-state index < -0.39 is 18.2 Å². The molecule has 0 spiro atoms. The van der Waals surface area contributed by atoms with Crippen molar-refractivity contribution < 1.29 is 29.3 Å². The van der Waals surface area contributed by atoms with Gasteiger partial charge in [-0.3, -0.25) is 14.5 Å². The number of carbonyl (C=O) groups excluding carboxylic acids is 2. The van der Waals surface area contributed by atoms with Crippen LogP contribution in [0.25, 0.3) is 0 Å². The number of nitrogens with zero attached hydrogens (tertiary/aromatic N) is 4. The highest BCUT2D eigenvalue weighted by molar-refractivity contribution is 5.97. The minimum absolute atomic E-state index is 0.0154. The molecule has 1 fully saturated rings. The van der Waals surface area contributed by atoms with E-state index in [1.807, 2.05) is 6.92 Å². The average molecular weight is 489 g/mol. The highest BCUT2D eigenvalue weighted by atomic mass is 16.5. The second-order valence-electron chi connectivity index (χ2n) is 9.31. The third-order valence-corrected chi connectivity index (χ3v) is 6.29. The molecule has 2 N–H and O–H groups in total. The Kier molecular flexibility index (Phi) is 9.46. The summed E-state index contributed by atoms with van der Waals surface area (Å²) in [5, 5.41) is 19.2. The molecule has 2 aliphatic rings. The highest BCUT2D eigenvalue weighted by Crippen LogP contribution is 2.27. The summed E-state index contributed by atoms with van der Waals surface area (Å²) in [6, 6.07) is 1.18. The van der Waals surface area contributed by atoms with Gasteiger partial charge in [0.1, 0.15) is 17.8 Å². The molecule has 0 saturated carbocycles. The summed E-state index contributed by atoms with van der Waals surface area (Å²) in [5.41, 5.74) is 0.711. The van der Waals surface area contributed by atoms with Crippen molar-refractivity contribution >= 4 is 11.8 Å². The van der Waals surface area contributed by atoms with E-state index in [-0.39, 0.29) is 35.8 Å². The number of hydrogen-bond donors (Lipinski definition) is 2. The zero-order chi connectivity index (χ0) is 25.5. The molecule has 0 radical (unpaired) electrons. The average Bonchev–Trinajstić information content (AvgIpc) is 2.84. The van der Waals surface area contributed by atoms with Crippen molar-refractivity contribution in [1.29, 1.82) is 0 Å². The van der Waals surface area contributed by atoms with Crippen LogP contribution in [0.1, 0.15) is 36.7 Å². The molecular weight excluding hydrogens is 452 g/mol. The van der Waals surface area contributed by atoms with Crippen molar-refractivity contribution in [2.75, 3.05) is 59.6 Å². The lowest BCUT2D eigenvalue weighted by Crippen LogP contribution is -2.51. The van der Waals surface area contributed by atoms with Crippen LogP contribution in [0, 0.1) is 17.8 Å². The number of pyridine rings is 1. The monoisotopic (exact) mass is 488 g/mol. The Labute approximate surface area is 206 Å². The van der Waals surface area contributed by atoms with Gasteiger partial charge in [0.2, 0.25) is 11.8 Å². The topological polar surface area (TPSA) is 116 Å². The minimum atomic E-state index is -0.814. The van der Waals surface area contributed by atoms with Gasteiger partial charge in [-0.05, 0) is 19.9 Å². The van der Waals surface area contributed by atoms with Gasteiger partial charge in [0.25, 0.3) is 5.91 Å². The zero-order valence-electron chi connectivity index (χ0n) is 20.9. The fraction of sp³-hybridized carbons (Fsp3) is 0.640. The first-order chi connectivity index (χ1) is 16.7. The van der Waals surface area contributed by atoms with E-state index in [2.05, 4.69) is 21.7 Å². The summed E-state index contributed by atoms with van der Waals surface area (Å²) >= 11 is 0. The van der Waals surface area contributed by atoms with Gasteiger partial charge in [-0.1, -0.05) is 18.8 Å². The van der Waals surface area contributed by atoms with Crippen LogP contribution in [0.4, 0.5) is 0 Å². The molecule has 10 heteroatoms. The maximum Gasteiger partial charge on any atom is 0.259 e. The van der Waals surface area contributed by atoms with Gasteiger partial charge in [0, 0.05) is 44.4 Å². The highest BCUT2D eigenvalue weighted by Gasteiger charge is 2.34. The number of aliphatic hydroxyl groups is 2. The third kappa shape index (κ3) is 7.15. The SMILES string of the molecule is C[C@H](O)C#Cc1cnc2c(c1)C(=O)N([C@@H](C)CO)C[C@@H](C)[C@H](CN(C)C(=O)CN1CCOCC1)O2. The number of aromatic nitrogens is 1. The molecule has 35 heavy (non-hydrogen) atoms. The molecule has 3 rings (SSSR count). The molecule has 0 unspecified atom stereocenters. The number of ether oxygens (including phenoxy) is 2. The summed E-state index contributed by atoms with van der Waals surface area (Å²) < 4.78 is 11.6. The van der Waals surface area contributed by atoms with Gasteiger partial charge in [-0.25, -0.2) is 4.98 Å². The van der Waals surface area contributed by atoms with Crippen molar-refractivity contribution in [3.05, 3.63) is 23.4 Å². The molecule has 4 atom stereocenters. The van der Waals surface area contributed by atoms with Crippen molar-refractivity contribution in [2.24, 2.45) is 5.92 Å². The van der Waals surface area contributed by atoms with Gasteiger partial charge < -0.3 is 29.5 Å². The van der Waals surface area contributed by atoms with Crippen LogP contribution >= 0.6 is 0 Å². The minimum Gasteiger partial charge on any atom is -0.472 e. The van der Waals surface area contributed by atoms with Gasteiger partial charge in [-0.15, -0.1) is 0 Å². The van der Waals surface area contributed by atoms with Crippen LogP contribution in [-0.4, -0.2) is 120 Å². The molecule has 192 valence electrons. The maximum absolute atomic E-state index is 13.4. The second-order valence-corrected chi connectivity index (χ2v) is 9.31. The number of carbonyl (C=O) groups is 2. The Morgan fingerprint density at radius 2 is 2.06 bits per heavy atom. The predicted octanol–water partition coefficient (Wildman–Crippen LogP) is -0.175. The van der Waals surface area contributed by atoms with Crippen LogP contribution < -0.4 is 4.74 Å². The summed E-state index contributed by atoms with van der Waals surface area (Å²) in [6.45, 7) is 8.79. The normalized spacial score (nSPS) is 22.6. The van der Waals surface area contributed by atoms with E-state index in [9.17, 15) is 19.8 Å². The van der Waals surface area contributed by atoms with Gasteiger partial charge in [0.05, 0.1) is 39.0 Å². The molecule has 0 aliphatic carbocycles.